The van der Waals surface area contributed by atoms with Gasteiger partial charge in [-0.05, 0) is 42.7 Å². The van der Waals surface area contributed by atoms with Crippen molar-refractivity contribution in [3.05, 3.63) is 70.2 Å². The summed E-state index contributed by atoms with van der Waals surface area (Å²) in [6, 6.07) is 15.4. The molecule has 2 aromatic carbocycles. The van der Waals surface area contributed by atoms with Gasteiger partial charge in [0.25, 0.3) is 0 Å². The fourth-order valence-corrected chi connectivity index (χ4v) is 2.37. The molecule has 1 nitrogen and oxygen atoms in total. The number of Topliss-reactive ketones (excluding diaryl/α,β-unsaturated/α-hetero) is 1. The average Bonchev–Trinajstić information content (AvgIpc) is 2.44. The highest BCUT2D eigenvalue weighted by molar-refractivity contribution is 6.31. The molecule has 1 unspecified atom stereocenters. The predicted octanol–water partition coefficient (Wildman–Crippen LogP) is 5.02. The molecule has 0 saturated carbocycles. The number of aryl methyl sites for hydroxylation is 1. The van der Waals surface area contributed by atoms with Crippen LogP contribution in [0.25, 0.3) is 0 Å². The summed E-state index contributed by atoms with van der Waals surface area (Å²) in [5.41, 5.74) is 2.75. The molecule has 0 aliphatic heterocycles. The summed E-state index contributed by atoms with van der Waals surface area (Å²) >= 11 is 6.00. The van der Waals surface area contributed by atoms with Gasteiger partial charge in [0, 0.05) is 16.5 Å². The molecule has 19 heavy (non-hydrogen) atoms. The molecular formula is C17H17ClO. The molecule has 0 aliphatic rings. The number of rotatable bonds is 4. The molecule has 0 aromatic heterocycles. The highest BCUT2D eigenvalue weighted by atomic mass is 35.5. The van der Waals surface area contributed by atoms with Crippen molar-refractivity contribution < 1.29 is 4.79 Å². The van der Waals surface area contributed by atoms with E-state index in [2.05, 4.69) is 0 Å². The van der Waals surface area contributed by atoms with E-state index in [0.717, 1.165) is 23.1 Å². The van der Waals surface area contributed by atoms with Crippen LogP contribution in [0.3, 0.4) is 0 Å². The molecule has 0 fully saturated rings. The number of hydrogen-bond acceptors (Lipinski definition) is 1. The minimum Gasteiger partial charge on any atom is -0.293 e. The van der Waals surface area contributed by atoms with Crippen LogP contribution in [0.15, 0.2) is 48.5 Å². The Morgan fingerprint density at radius 2 is 1.84 bits per heavy atom. The SMILES string of the molecule is CCC(C(=O)c1ccc(Cl)c(C)c1)c1ccccc1. The van der Waals surface area contributed by atoms with E-state index in [1.807, 2.05) is 56.3 Å². The van der Waals surface area contributed by atoms with Crippen LogP contribution in [-0.2, 0) is 0 Å². The van der Waals surface area contributed by atoms with Gasteiger partial charge in [-0.3, -0.25) is 4.79 Å². The standard InChI is InChI=1S/C17H17ClO/c1-3-15(13-7-5-4-6-8-13)17(19)14-9-10-16(18)12(2)11-14/h4-11,15H,3H2,1-2H3. The van der Waals surface area contributed by atoms with Crippen molar-refractivity contribution in [2.45, 2.75) is 26.2 Å². The molecule has 2 heteroatoms. The number of carbonyl (C=O) groups is 1. The van der Waals surface area contributed by atoms with Crippen LogP contribution >= 0.6 is 11.6 Å². The molecular weight excluding hydrogens is 256 g/mol. The van der Waals surface area contributed by atoms with Gasteiger partial charge in [-0.1, -0.05) is 48.9 Å². The molecule has 0 N–H and O–H groups in total. The third kappa shape index (κ3) is 3.05. The van der Waals surface area contributed by atoms with Gasteiger partial charge in [-0.15, -0.1) is 0 Å². The summed E-state index contributed by atoms with van der Waals surface area (Å²) in [7, 11) is 0. The lowest BCUT2D eigenvalue weighted by atomic mass is 9.88. The van der Waals surface area contributed by atoms with Crippen molar-refractivity contribution in [1.29, 1.82) is 0 Å². The number of benzene rings is 2. The Hall–Kier alpha value is -1.60. The molecule has 2 rings (SSSR count). The Balaban J connectivity index is 2.33. The van der Waals surface area contributed by atoms with Gasteiger partial charge >= 0.3 is 0 Å². The maximum atomic E-state index is 12.6. The lowest BCUT2D eigenvalue weighted by Gasteiger charge is -2.14. The first-order chi connectivity index (χ1) is 9.13. The number of halogens is 1. The van der Waals surface area contributed by atoms with Gasteiger partial charge in [0.1, 0.15) is 0 Å². The van der Waals surface area contributed by atoms with Crippen molar-refractivity contribution in [1.82, 2.24) is 0 Å². The first-order valence-corrected chi connectivity index (χ1v) is 6.86. The Kier molecular flexibility index (Phi) is 4.39. The van der Waals surface area contributed by atoms with Crippen LogP contribution in [0.2, 0.25) is 5.02 Å². The number of carbonyl (C=O) groups excluding carboxylic acids is 1. The van der Waals surface area contributed by atoms with Gasteiger partial charge in [0.2, 0.25) is 0 Å². The molecule has 0 aliphatic carbocycles. The molecule has 0 amide bonds. The third-order valence-corrected chi connectivity index (χ3v) is 3.79. The number of hydrogen-bond donors (Lipinski definition) is 0. The van der Waals surface area contributed by atoms with E-state index < -0.39 is 0 Å². The molecule has 1 atom stereocenters. The summed E-state index contributed by atoms with van der Waals surface area (Å²) in [6.45, 7) is 3.96. The van der Waals surface area contributed by atoms with Crippen LogP contribution in [0.5, 0.6) is 0 Å². The fourth-order valence-electron chi connectivity index (χ4n) is 2.26. The minimum atomic E-state index is -0.0817. The first kappa shape index (κ1) is 13.8. The average molecular weight is 273 g/mol. The molecule has 0 spiro atoms. The Bertz CT molecular complexity index is 575. The van der Waals surface area contributed by atoms with Gasteiger partial charge in [-0.2, -0.15) is 0 Å². The van der Waals surface area contributed by atoms with E-state index in [-0.39, 0.29) is 11.7 Å². The van der Waals surface area contributed by atoms with Crippen LogP contribution < -0.4 is 0 Å². The third-order valence-electron chi connectivity index (χ3n) is 3.37. The molecule has 98 valence electrons. The second-order valence-electron chi connectivity index (χ2n) is 4.70. The summed E-state index contributed by atoms with van der Waals surface area (Å²) < 4.78 is 0. The van der Waals surface area contributed by atoms with Gasteiger partial charge < -0.3 is 0 Å². The lowest BCUT2D eigenvalue weighted by molar-refractivity contribution is 0.0957. The Labute approximate surface area is 119 Å². The smallest absolute Gasteiger partial charge is 0.170 e. The highest BCUT2D eigenvalue weighted by Crippen LogP contribution is 2.26. The number of ketones is 1. The fraction of sp³-hybridized carbons (Fsp3) is 0.235. The van der Waals surface area contributed by atoms with Gasteiger partial charge in [-0.25, -0.2) is 0 Å². The molecule has 0 bridgehead atoms. The van der Waals surface area contributed by atoms with Crippen molar-refractivity contribution in [2.75, 3.05) is 0 Å². The lowest BCUT2D eigenvalue weighted by Crippen LogP contribution is -2.12. The monoisotopic (exact) mass is 272 g/mol. The molecule has 0 radical (unpaired) electrons. The summed E-state index contributed by atoms with van der Waals surface area (Å²) in [5.74, 6) is 0.0789. The topological polar surface area (TPSA) is 17.1 Å². The van der Waals surface area contributed by atoms with E-state index in [1.165, 1.54) is 0 Å². The van der Waals surface area contributed by atoms with E-state index >= 15 is 0 Å². The summed E-state index contributed by atoms with van der Waals surface area (Å²) in [6.07, 6.45) is 0.796. The zero-order chi connectivity index (χ0) is 13.8. The van der Waals surface area contributed by atoms with Crippen LogP contribution in [0.1, 0.15) is 40.7 Å². The Morgan fingerprint density at radius 1 is 1.16 bits per heavy atom. The van der Waals surface area contributed by atoms with Crippen molar-refractivity contribution in [3.8, 4) is 0 Å². The summed E-state index contributed by atoms with van der Waals surface area (Å²) in [5, 5.41) is 0.698. The van der Waals surface area contributed by atoms with Crippen LogP contribution in [-0.4, -0.2) is 5.78 Å². The van der Waals surface area contributed by atoms with E-state index in [1.54, 1.807) is 6.07 Å². The largest absolute Gasteiger partial charge is 0.293 e. The van der Waals surface area contributed by atoms with E-state index in [9.17, 15) is 4.79 Å². The molecule has 0 saturated heterocycles. The van der Waals surface area contributed by atoms with Crippen molar-refractivity contribution in [2.24, 2.45) is 0 Å². The normalized spacial score (nSPS) is 12.2. The second kappa shape index (κ2) is 6.03. The van der Waals surface area contributed by atoms with E-state index in [4.69, 9.17) is 11.6 Å². The minimum absolute atomic E-state index is 0.0817. The van der Waals surface area contributed by atoms with Crippen molar-refractivity contribution in [3.63, 3.8) is 0 Å². The van der Waals surface area contributed by atoms with Crippen LogP contribution in [0, 0.1) is 6.92 Å². The summed E-state index contributed by atoms with van der Waals surface area (Å²) in [4.78, 5) is 12.6. The molecule has 2 aromatic rings. The maximum Gasteiger partial charge on any atom is 0.170 e. The highest BCUT2D eigenvalue weighted by Gasteiger charge is 2.20. The van der Waals surface area contributed by atoms with Gasteiger partial charge in [0.05, 0.1) is 0 Å². The van der Waals surface area contributed by atoms with Crippen LogP contribution in [0.4, 0.5) is 0 Å². The van der Waals surface area contributed by atoms with Crippen molar-refractivity contribution >= 4 is 17.4 Å². The molecule has 0 heterocycles. The Morgan fingerprint density at radius 3 is 2.42 bits per heavy atom. The zero-order valence-corrected chi connectivity index (χ0v) is 11.9. The van der Waals surface area contributed by atoms with Gasteiger partial charge in [0.15, 0.2) is 5.78 Å². The maximum absolute atomic E-state index is 12.6. The zero-order valence-electron chi connectivity index (χ0n) is 11.2. The second-order valence-corrected chi connectivity index (χ2v) is 5.11. The quantitative estimate of drug-likeness (QED) is 0.714. The van der Waals surface area contributed by atoms with E-state index in [0.29, 0.717) is 5.02 Å². The first-order valence-electron chi connectivity index (χ1n) is 6.48. The predicted molar refractivity (Wildman–Crippen MR) is 80.0 cm³/mol.